The maximum Gasteiger partial charge on any atom is 0.253 e. The van der Waals surface area contributed by atoms with Crippen LogP contribution in [-0.4, -0.2) is 17.9 Å². The topological polar surface area (TPSA) is 54.0 Å². The average Bonchev–Trinajstić information content (AvgIpc) is 2.55. The third-order valence-corrected chi connectivity index (χ3v) is 3.96. The first-order chi connectivity index (χ1) is 10.3. The van der Waals surface area contributed by atoms with Crippen molar-refractivity contribution in [3.8, 4) is 0 Å². The predicted molar refractivity (Wildman–Crippen MR) is 83.4 cm³/mol. The summed E-state index contributed by atoms with van der Waals surface area (Å²) >= 11 is 0. The van der Waals surface area contributed by atoms with E-state index in [4.69, 9.17) is 0 Å². The molecular formula is C17H19N3O. The van der Waals surface area contributed by atoms with Gasteiger partial charge in [0.25, 0.3) is 5.91 Å². The molecular weight excluding hydrogens is 262 g/mol. The van der Waals surface area contributed by atoms with Crippen LogP contribution in [0.5, 0.6) is 0 Å². The van der Waals surface area contributed by atoms with Gasteiger partial charge in [-0.15, -0.1) is 0 Å². The van der Waals surface area contributed by atoms with Crippen molar-refractivity contribution in [2.24, 2.45) is 0 Å². The number of nitrogens with one attached hydrogen (secondary N) is 2. The standard InChI is InChI=1S/C17H19N3O/c1-18-16-10-9-13(11-19-16)17(21)20-15-8-4-6-12-5-2-3-7-14(12)15/h2-3,5,7,9-11,15H,4,6,8H2,1H3,(H,18,19)(H,20,21). The number of amides is 1. The van der Waals surface area contributed by atoms with Crippen molar-refractivity contribution in [2.75, 3.05) is 12.4 Å². The summed E-state index contributed by atoms with van der Waals surface area (Å²) in [5.41, 5.74) is 3.19. The van der Waals surface area contributed by atoms with Gasteiger partial charge in [-0.2, -0.15) is 0 Å². The van der Waals surface area contributed by atoms with Crippen LogP contribution in [0.2, 0.25) is 0 Å². The van der Waals surface area contributed by atoms with E-state index in [0.29, 0.717) is 5.56 Å². The predicted octanol–water partition coefficient (Wildman–Crippen LogP) is 2.93. The summed E-state index contributed by atoms with van der Waals surface area (Å²) in [4.78, 5) is 16.5. The fraction of sp³-hybridized carbons (Fsp3) is 0.294. The Hall–Kier alpha value is -2.36. The van der Waals surface area contributed by atoms with E-state index in [-0.39, 0.29) is 11.9 Å². The van der Waals surface area contributed by atoms with Gasteiger partial charge in [-0.1, -0.05) is 24.3 Å². The number of aryl methyl sites for hydroxylation is 1. The van der Waals surface area contributed by atoms with Crippen molar-refractivity contribution in [3.63, 3.8) is 0 Å². The van der Waals surface area contributed by atoms with Gasteiger partial charge in [0, 0.05) is 13.2 Å². The number of carbonyl (C=O) groups is 1. The Morgan fingerprint density at radius 2 is 2.10 bits per heavy atom. The molecule has 21 heavy (non-hydrogen) atoms. The maximum absolute atomic E-state index is 12.4. The van der Waals surface area contributed by atoms with Crippen LogP contribution in [-0.2, 0) is 6.42 Å². The van der Waals surface area contributed by atoms with Gasteiger partial charge in [-0.25, -0.2) is 4.98 Å². The van der Waals surface area contributed by atoms with Crippen LogP contribution in [0.15, 0.2) is 42.6 Å². The molecule has 0 spiro atoms. The third kappa shape index (κ3) is 2.89. The highest BCUT2D eigenvalue weighted by molar-refractivity contribution is 5.94. The highest BCUT2D eigenvalue weighted by atomic mass is 16.1. The fourth-order valence-corrected chi connectivity index (χ4v) is 2.82. The Kier molecular flexibility index (Phi) is 3.86. The molecule has 1 aliphatic carbocycles. The molecule has 0 bridgehead atoms. The lowest BCUT2D eigenvalue weighted by molar-refractivity contribution is 0.0932. The molecule has 0 saturated carbocycles. The Bertz CT molecular complexity index is 637. The second-order valence-electron chi connectivity index (χ2n) is 5.30. The van der Waals surface area contributed by atoms with Crippen LogP contribution < -0.4 is 10.6 Å². The highest BCUT2D eigenvalue weighted by Gasteiger charge is 2.21. The number of nitrogens with zero attached hydrogens (tertiary/aromatic N) is 1. The molecule has 3 rings (SSSR count). The zero-order chi connectivity index (χ0) is 14.7. The Balaban J connectivity index is 1.76. The number of aromatic nitrogens is 1. The summed E-state index contributed by atoms with van der Waals surface area (Å²) < 4.78 is 0. The molecule has 4 nitrogen and oxygen atoms in total. The Labute approximate surface area is 124 Å². The quantitative estimate of drug-likeness (QED) is 0.909. The van der Waals surface area contributed by atoms with Gasteiger partial charge >= 0.3 is 0 Å². The lowest BCUT2D eigenvalue weighted by atomic mass is 9.87. The summed E-state index contributed by atoms with van der Waals surface area (Å²) in [6, 6.07) is 12.1. The summed E-state index contributed by atoms with van der Waals surface area (Å²) in [6.45, 7) is 0. The number of benzene rings is 1. The van der Waals surface area contributed by atoms with Crippen LogP contribution in [0.25, 0.3) is 0 Å². The van der Waals surface area contributed by atoms with Crippen LogP contribution in [0.3, 0.4) is 0 Å². The molecule has 2 N–H and O–H groups in total. The van der Waals surface area contributed by atoms with Gasteiger partial charge in [-0.3, -0.25) is 4.79 Å². The van der Waals surface area contributed by atoms with E-state index < -0.39 is 0 Å². The van der Waals surface area contributed by atoms with E-state index in [1.807, 2.05) is 12.1 Å². The molecule has 0 aliphatic heterocycles. The van der Waals surface area contributed by atoms with Crippen LogP contribution >= 0.6 is 0 Å². The largest absolute Gasteiger partial charge is 0.373 e. The zero-order valence-corrected chi connectivity index (χ0v) is 12.1. The molecule has 1 heterocycles. The first-order valence-corrected chi connectivity index (χ1v) is 7.30. The lowest BCUT2D eigenvalue weighted by Crippen LogP contribution is -2.31. The van der Waals surface area contributed by atoms with Crippen LogP contribution in [0.1, 0.15) is 40.4 Å². The zero-order valence-electron chi connectivity index (χ0n) is 12.1. The second kappa shape index (κ2) is 5.95. The minimum atomic E-state index is -0.0631. The molecule has 0 fully saturated rings. The number of pyridine rings is 1. The molecule has 2 aromatic rings. The summed E-state index contributed by atoms with van der Waals surface area (Å²) in [5, 5.41) is 6.07. The van der Waals surface area contributed by atoms with E-state index in [1.165, 1.54) is 11.1 Å². The minimum absolute atomic E-state index is 0.0631. The Morgan fingerprint density at radius 1 is 1.24 bits per heavy atom. The molecule has 1 atom stereocenters. The van der Waals surface area contributed by atoms with E-state index >= 15 is 0 Å². The third-order valence-electron chi connectivity index (χ3n) is 3.96. The molecule has 1 aliphatic rings. The lowest BCUT2D eigenvalue weighted by Gasteiger charge is -2.26. The number of hydrogen-bond donors (Lipinski definition) is 2. The minimum Gasteiger partial charge on any atom is -0.373 e. The molecule has 1 aromatic carbocycles. The van der Waals surface area contributed by atoms with E-state index in [1.54, 1.807) is 19.3 Å². The molecule has 1 amide bonds. The van der Waals surface area contributed by atoms with Crippen molar-refractivity contribution in [1.29, 1.82) is 0 Å². The molecule has 0 radical (unpaired) electrons. The van der Waals surface area contributed by atoms with Gasteiger partial charge in [0.15, 0.2) is 0 Å². The first-order valence-electron chi connectivity index (χ1n) is 7.30. The molecule has 4 heteroatoms. The molecule has 1 aromatic heterocycles. The van der Waals surface area contributed by atoms with Crippen LogP contribution in [0.4, 0.5) is 5.82 Å². The van der Waals surface area contributed by atoms with Crippen molar-refractivity contribution >= 4 is 11.7 Å². The van der Waals surface area contributed by atoms with E-state index in [0.717, 1.165) is 25.1 Å². The van der Waals surface area contributed by atoms with Crippen molar-refractivity contribution in [1.82, 2.24) is 10.3 Å². The van der Waals surface area contributed by atoms with Gasteiger partial charge < -0.3 is 10.6 Å². The summed E-state index contributed by atoms with van der Waals surface area (Å²) in [5.74, 6) is 0.696. The van der Waals surface area contributed by atoms with Gasteiger partial charge in [0.05, 0.1) is 11.6 Å². The molecule has 1 unspecified atom stereocenters. The van der Waals surface area contributed by atoms with Gasteiger partial charge in [0.2, 0.25) is 0 Å². The monoisotopic (exact) mass is 281 g/mol. The molecule has 0 saturated heterocycles. The maximum atomic E-state index is 12.4. The number of carbonyl (C=O) groups excluding carboxylic acids is 1. The number of anilines is 1. The summed E-state index contributed by atoms with van der Waals surface area (Å²) in [7, 11) is 1.81. The van der Waals surface area contributed by atoms with Gasteiger partial charge in [-0.05, 0) is 42.5 Å². The number of hydrogen-bond acceptors (Lipinski definition) is 3. The van der Waals surface area contributed by atoms with Crippen molar-refractivity contribution < 1.29 is 4.79 Å². The van der Waals surface area contributed by atoms with Crippen molar-refractivity contribution in [3.05, 3.63) is 59.3 Å². The van der Waals surface area contributed by atoms with E-state index in [9.17, 15) is 4.79 Å². The highest BCUT2D eigenvalue weighted by Crippen LogP contribution is 2.29. The fourth-order valence-electron chi connectivity index (χ4n) is 2.82. The van der Waals surface area contributed by atoms with Gasteiger partial charge in [0.1, 0.15) is 5.82 Å². The second-order valence-corrected chi connectivity index (χ2v) is 5.30. The smallest absolute Gasteiger partial charge is 0.253 e. The Morgan fingerprint density at radius 3 is 2.86 bits per heavy atom. The summed E-state index contributed by atoms with van der Waals surface area (Å²) in [6.07, 6.45) is 4.81. The molecule has 108 valence electrons. The first kappa shape index (κ1) is 13.6. The normalized spacial score (nSPS) is 16.9. The SMILES string of the molecule is CNc1ccc(C(=O)NC2CCCc3ccccc32)cn1. The van der Waals surface area contributed by atoms with E-state index in [2.05, 4.69) is 33.8 Å². The van der Waals surface area contributed by atoms with Crippen LogP contribution in [0, 0.1) is 0 Å². The average molecular weight is 281 g/mol. The number of rotatable bonds is 3. The number of fused-ring (bicyclic) bond motifs is 1. The van der Waals surface area contributed by atoms with Crippen molar-refractivity contribution in [2.45, 2.75) is 25.3 Å².